The highest BCUT2D eigenvalue weighted by molar-refractivity contribution is 5.87. The molecule has 1 N–H and O–H groups in total. The number of nitrogens with one attached hydrogen (secondary N) is 1. The summed E-state index contributed by atoms with van der Waals surface area (Å²) in [6.07, 6.45) is 6.11. The van der Waals surface area contributed by atoms with Gasteiger partial charge in [0.05, 0.1) is 0 Å². The molecular weight excluding hydrogens is 206 g/mol. The minimum atomic E-state index is -0.130. The SMILES string of the molecule is CC(=O)Nc1on[n+](C2CCCCC2)c1C. The maximum Gasteiger partial charge on any atom is 0.305 e. The zero-order valence-corrected chi connectivity index (χ0v) is 9.82. The number of rotatable bonds is 2. The van der Waals surface area contributed by atoms with Gasteiger partial charge in [0.2, 0.25) is 11.2 Å². The van der Waals surface area contributed by atoms with Gasteiger partial charge in [0, 0.05) is 26.7 Å². The number of hydrogen-bond acceptors (Lipinski definition) is 3. The largest absolute Gasteiger partial charge is 0.305 e. The van der Waals surface area contributed by atoms with Crippen LogP contribution in [0.5, 0.6) is 0 Å². The number of carbonyl (C=O) groups is 1. The van der Waals surface area contributed by atoms with Crippen molar-refractivity contribution >= 4 is 11.8 Å². The molecule has 1 aliphatic carbocycles. The fraction of sp³-hybridized carbons (Fsp3) is 0.727. The maximum absolute atomic E-state index is 10.9. The van der Waals surface area contributed by atoms with E-state index in [2.05, 4.69) is 10.6 Å². The fourth-order valence-electron chi connectivity index (χ4n) is 2.26. The van der Waals surface area contributed by atoms with E-state index in [1.165, 1.54) is 26.2 Å². The average molecular weight is 224 g/mol. The first-order valence-electron chi connectivity index (χ1n) is 5.84. The lowest BCUT2D eigenvalue weighted by Crippen LogP contribution is -2.44. The molecule has 1 saturated carbocycles. The number of anilines is 1. The first kappa shape index (κ1) is 11.1. The Kier molecular flexibility index (Phi) is 3.22. The van der Waals surface area contributed by atoms with Gasteiger partial charge in [-0.25, -0.2) is 0 Å². The topological polar surface area (TPSA) is 59.0 Å². The van der Waals surface area contributed by atoms with E-state index in [1.807, 2.05) is 11.6 Å². The van der Waals surface area contributed by atoms with Crippen LogP contribution in [0.3, 0.4) is 0 Å². The van der Waals surface area contributed by atoms with Crippen LogP contribution in [0, 0.1) is 6.92 Å². The minimum Gasteiger partial charge on any atom is -0.289 e. The van der Waals surface area contributed by atoms with Crippen molar-refractivity contribution in [2.75, 3.05) is 5.32 Å². The van der Waals surface area contributed by atoms with Crippen molar-refractivity contribution in [3.63, 3.8) is 0 Å². The van der Waals surface area contributed by atoms with Crippen LogP contribution in [0.25, 0.3) is 0 Å². The lowest BCUT2D eigenvalue weighted by molar-refractivity contribution is -0.791. The monoisotopic (exact) mass is 224 g/mol. The van der Waals surface area contributed by atoms with Crippen LogP contribution >= 0.6 is 0 Å². The van der Waals surface area contributed by atoms with E-state index in [0.717, 1.165) is 18.5 Å². The zero-order chi connectivity index (χ0) is 11.5. The standard InChI is InChI=1S/C11H17N3O2/c1-8-11(12-9(2)15)16-13-14(8)10-6-4-3-5-7-10/h10H,3-7H2,1-2H3/p+1. The van der Waals surface area contributed by atoms with Gasteiger partial charge in [-0.2, -0.15) is 0 Å². The highest BCUT2D eigenvalue weighted by Gasteiger charge is 2.30. The number of nitrogens with zero attached hydrogens (tertiary/aromatic N) is 2. The van der Waals surface area contributed by atoms with Crippen molar-refractivity contribution in [1.29, 1.82) is 0 Å². The third-order valence-corrected chi connectivity index (χ3v) is 3.10. The molecule has 1 aliphatic rings. The third-order valence-electron chi connectivity index (χ3n) is 3.10. The summed E-state index contributed by atoms with van der Waals surface area (Å²) in [7, 11) is 0. The van der Waals surface area contributed by atoms with Gasteiger partial charge >= 0.3 is 5.88 Å². The summed E-state index contributed by atoms with van der Waals surface area (Å²) in [5.74, 6) is 0.341. The van der Waals surface area contributed by atoms with Gasteiger partial charge in [0.1, 0.15) is 0 Å². The highest BCUT2D eigenvalue weighted by atomic mass is 16.5. The maximum atomic E-state index is 10.9. The Bertz CT molecular complexity index is 381. The summed E-state index contributed by atoms with van der Waals surface area (Å²) in [6, 6.07) is 0.431. The smallest absolute Gasteiger partial charge is 0.289 e. The fourth-order valence-corrected chi connectivity index (χ4v) is 2.26. The third kappa shape index (κ3) is 2.23. The summed E-state index contributed by atoms with van der Waals surface area (Å²) in [6.45, 7) is 3.39. The summed E-state index contributed by atoms with van der Waals surface area (Å²) in [5, 5.41) is 6.66. The van der Waals surface area contributed by atoms with E-state index in [1.54, 1.807) is 0 Å². The second kappa shape index (κ2) is 4.63. The van der Waals surface area contributed by atoms with Crippen LogP contribution in [0.4, 0.5) is 5.88 Å². The quantitative estimate of drug-likeness (QED) is 0.778. The molecule has 0 spiro atoms. The molecule has 0 aromatic carbocycles. The van der Waals surface area contributed by atoms with Gasteiger partial charge in [-0.1, -0.05) is 6.42 Å². The molecular formula is C11H18N3O2+. The lowest BCUT2D eigenvalue weighted by atomic mass is 9.95. The summed E-state index contributed by atoms with van der Waals surface area (Å²) >= 11 is 0. The first-order valence-corrected chi connectivity index (χ1v) is 5.84. The second-order valence-corrected chi connectivity index (χ2v) is 4.41. The van der Waals surface area contributed by atoms with Gasteiger partial charge in [0.15, 0.2) is 6.04 Å². The van der Waals surface area contributed by atoms with Crippen LogP contribution in [0.2, 0.25) is 0 Å². The van der Waals surface area contributed by atoms with Crippen molar-refractivity contribution < 1.29 is 14.0 Å². The second-order valence-electron chi connectivity index (χ2n) is 4.41. The molecule has 0 radical (unpaired) electrons. The van der Waals surface area contributed by atoms with Crippen LogP contribution in [0.1, 0.15) is 50.8 Å². The predicted molar refractivity (Wildman–Crippen MR) is 57.9 cm³/mol. The number of amides is 1. The van der Waals surface area contributed by atoms with Gasteiger partial charge in [0.25, 0.3) is 5.69 Å². The first-order chi connectivity index (χ1) is 7.68. The lowest BCUT2D eigenvalue weighted by Gasteiger charge is -2.13. The molecule has 1 amide bonds. The summed E-state index contributed by atoms with van der Waals surface area (Å²) in [4.78, 5) is 10.9. The zero-order valence-electron chi connectivity index (χ0n) is 9.82. The Hall–Kier alpha value is -1.39. The molecule has 1 fully saturated rings. The van der Waals surface area contributed by atoms with E-state index in [-0.39, 0.29) is 5.91 Å². The van der Waals surface area contributed by atoms with Crippen molar-refractivity contribution in [2.24, 2.45) is 0 Å². The molecule has 5 heteroatoms. The van der Waals surface area contributed by atoms with Crippen LogP contribution in [0.15, 0.2) is 4.52 Å². The van der Waals surface area contributed by atoms with E-state index < -0.39 is 0 Å². The molecule has 2 rings (SSSR count). The van der Waals surface area contributed by atoms with Crippen molar-refractivity contribution in [2.45, 2.75) is 52.0 Å². The molecule has 16 heavy (non-hydrogen) atoms. The molecule has 1 aromatic rings. The number of aromatic nitrogens is 2. The van der Waals surface area contributed by atoms with Crippen LogP contribution in [-0.4, -0.2) is 11.2 Å². The van der Waals surface area contributed by atoms with Gasteiger partial charge in [-0.15, -0.1) is 0 Å². The predicted octanol–water partition coefficient (Wildman–Crippen LogP) is 1.73. The van der Waals surface area contributed by atoms with Gasteiger partial charge < -0.3 is 0 Å². The van der Waals surface area contributed by atoms with Gasteiger partial charge in [-0.3, -0.25) is 14.6 Å². The van der Waals surface area contributed by atoms with Crippen LogP contribution in [-0.2, 0) is 4.79 Å². The number of hydrogen-bond donors (Lipinski definition) is 1. The minimum absolute atomic E-state index is 0.130. The molecule has 0 unspecified atom stereocenters. The Morgan fingerprint density at radius 3 is 2.75 bits per heavy atom. The van der Waals surface area contributed by atoms with E-state index >= 15 is 0 Å². The molecule has 1 heterocycles. The number of carbonyl (C=O) groups excluding carboxylic acids is 1. The molecule has 0 bridgehead atoms. The van der Waals surface area contributed by atoms with Crippen LogP contribution < -0.4 is 10.00 Å². The van der Waals surface area contributed by atoms with E-state index in [9.17, 15) is 4.79 Å². The van der Waals surface area contributed by atoms with Crippen molar-refractivity contribution in [3.05, 3.63) is 5.69 Å². The molecule has 88 valence electrons. The Labute approximate surface area is 94.8 Å². The van der Waals surface area contributed by atoms with Crippen molar-refractivity contribution in [1.82, 2.24) is 5.27 Å². The molecule has 0 saturated heterocycles. The average Bonchev–Trinajstić information content (AvgIpc) is 2.61. The molecule has 5 nitrogen and oxygen atoms in total. The highest BCUT2D eigenvalue weighted by Crippen LogP contribution is 2.24. The van der Waals surface area contributed by atoms with E-state index in [4.69, 9.17) is 4.52 Å². The molecule has 1 aromatic heterocycles. The Balaban J connectivity index is 2.15. The molecule has 0 aliphatic heterocycles. The summed E-state index contributed by atoms with van der Waals surface area (Å²) in [5.41, 5.74) is 0.905. The van der Waals surface area contributed by atoms with E-state index in [0.29, 0.717) is 11.9 Å². The molecule has 0 atom stereocenters. The normalized spacial score (nSPS) is 17.4. The Morgan fingerprint density at radius 2 is 2.12 bits per heavy atom. The Morgan fingerprint density at radius 1 is 1.44 bits per heavy atom. The van der Waals surface area contributed by atoms with Gasteiger partial charge in [-0.05, 0) is 17.5 Å². The van der Waals surface area contributed by atoms with Crippen molar-refractivity contribution in [3.8, 4) is 0 Å². The summed E-state index contributed by atoms with van der Waals surface area (Å²) < 4.78 is 7.05.